The van der Waals surface area contributed by atoms with Crippen LogP contribution in [-0.2, 0) is 9.53 Å². The van der Waals surface area contributed by atoms with Crippen LogP contribution in [0.1, 0.15) is 24.5 Å². The largest absolute Gasteiger partial charge is 0.386 e. The number of likely N-dealkylation sites (tertiary alicyclic amines) is 1. The summed E-state index contributed by atoms with van der Waals surface area (Å²) in [4.78, 5) is 13.9. The molecule has 0 radical (unpaired) electrons. The Morgan fingerprint density at radius 2 is 1.95 bits per heavy atom. The number of aliphatic hydroxyl groups excluding tert-OH is 1. The number of amides is 1. The number of nitrogens with zero attached hydrogens (tertiary/aromatic N) is 1. The van der Waals surface area contributed by atoms with Gasteiger partial charge in [-0.05, 0) is 30.5 Å². The van der Waals surface area contributed by atoms with Crippen molar-refractivity contribution in [1.29, 1.82) is 0 Å². The number of nitrogens with two attached hydrogens (primary N) is 1. The molecule has 1 saturated heterocycles. The summed E-state index contributed by atoms with van der Waals surface area (Å²) in [7, 11) is 1.66. The summed E-state index contributed by atoms with van der Waals surface area (Å²) in [5.41, 5.74) is 6.30. The zero-order valence-electron chi connectivity index (χ0n) is 12.0. The molecule has 0 aliphatic carbocycles. The highest BCUT2D eigenvalue weighted by molar-refractivity contribution is 5.82. The van der Waals surface area contributed by atoms with E-state index in [0.717, 1.165) is 12.8 Å². The number of benzene rings is 1. The third-order valence-electron chi connectivity index (χ3n) is 3.92. The lowest BCUT2D eigenvalue weighted by atomic mass is 10.00. The first-order chi connectivity index (χ1) is 10.0. The third-order valence-corrected chi connectivity index (χ3v) is 3.92. The number of hydrogen-bond acceptors (Lipinski definition) is 4. The fraction of sp³-hybridized carbons (Fsp3) is 0.533. The van der Waals surface area contributed by atoms with Gasteiger partial charge in [-0.15, -0.1) is 0 Å². The van der Waals surface area contributed by atoms with Gasteiger partial charge in [0.1, 0.15) is 18.0 Å². The second-order valence-corrected chi connectivity index (χ2v) is 5.28. The van der Waals surface area contributed by atoms with Gasteiger partial charge in [-0.1, -0.05) is 12.1 Å². The van der Waals surface area contributed by atoms with Gasteiger partial charge in [0.05, 0.1) is 6.10 Å². The second-order valence-electron chi connectivity index (χ2n) is 5.28. The number of hydrogen-bond donors (Lipinski definition) is 2. The van der Waals surface area contributed by atoms with Crippen molar-refractivity contribution in [2.45, 2.75) is 31.1 Å². The average Bonchev–Trinajstić information content (AvgIpc) is 2.53. The molecule has 3 N–H and O–H groups in total. The Balaban J connectivity index is 1.97. The summed E-state index contributed by atoms with van der Waals surface area (Å²) in [6.45, 7) is 1.14. The summed E-state index contributed by atoms with van der Waals surface area (Å²) in [5, 5.41) is 10.2. The minimum Gasteiger partial charge on any atom is -0.386 e. The molecule has 1 aromatic carbocycles. The molecule has 1 fully saturated rings. The summed E-state index contributed by atoms with van der Waals surface area (Å²) in [5.74, 6) is -0.686. The highest BCUT2D eigenvalue weighted by Crippen LogP contribution is 2.20. The first-order valence-electron chi connectivity index (χ1n) is 7.03. The molecule has 116 valence electrons. The Morgan fingerprint density at radius 1 is 1.38 bits per heavy atom. The van der Waals surface area contributed by atoms with Crippen molar-refractivity contribution < 1.29 is 19.0 Å². The van der Waals surface area contributed by atoms with Crippen molar-refractivity contribution in [2.75, 3.05) is 20.2 Å². The maximum absolute atomic E-state index is 12.9. The molecule has 2 atom stereocenters. The quantitative estimate of drug-likeness (QED) is 0.862. The van der Waals surface area contributed by atoms with Crippen molar-refractivity contribution in [3.63, 3.8) is 0 Å². The Labute approximate surface area is 123 Å². The summed E-state index contributed by atoms with van der Waals surface area (Å²) in [6, 6.07) is 4.29. The van der Waals surface area contributed by atoms with E-state index in [0.29, 0.717) is 18.7 Å². The van der Waals surface area contributed by atoms with Gasteiger partial charge in [-0.25, -0.2) is 4.39 Å². The van der Waals surface area contributed by atoms with Gasteiger partial charge in [0.25, 0.3) is 0 Å². The lowest BCUT2D eigenvalue weighted by Crippen LogP contribution is -2.50. The van der Waals surface area contributed by atoms with E-state index in [4.69, 9.17) is 10.5 Å². The van der Waals surface area contributed by atoms with Gasteiger partial charge < -0.3 is 20.5 Å². The maximum atomic E-state index is 12.9. The van der Waals surface area contributed by atoms with E-state index in [2.05, 4.69) is 0 Å². The zero-order valence-corrected chi connectivity index (χ0v) is 12.0. The molecule has 0 saturated carbocycles. The van der Waals surface area contributed by atoms with E-state index >= 15 is 0 Å². The summed E-state index contributed by atoms with van der Waals surface area (Å²) < 4.78 is 18.1. The minimum absolute atomic E-state index is 0.173. The predicted octanol–water partition coefficient (Wildman–Crippen LogP) is 0.824. The van der Waals surface area contributed by atoms with E-state index in [1.54, 1.807) is 12.0 Å². The fourth-order valence-electron chi connectivity index (χ4n) is 2.53. The Kier molecular flexibility index (Phi) is 5.27. The monoisotopic (exact) mass is 296 g/mol. The molecule has 1 amide bonds. The number of ether oxygens (including phenoxy) is 1. The number of carbonyl (C=O) groups excluding carboxylic acids is 1. The van der Waals surface area contributed by atoms with Crippen molar-refractivity contribution >= 4 is 5.91 Å². The zero-order chi connectivity index (χ0) is 15.4. The van der Waals surface area contributed by atoms with Gasteiger partial charge in [0.2, 0.25) is 5.91 Å². The molecule has 6 heteroatoms. The SMILES string of the molecule is COC1CCN(C(=O)C(N)C(O)c2ccc(F)cc2)CC1. The smallest absolute Gasteiger partial charge is 0.242 e. The van der Waals surface area contributed by atoms with Gasteiger partial charge in [0.15, 0.2) is 0 Å². The van der Waals surface area contributed by atoms with Crippen LogP contribution in [0.5, 0.6) is 0 Å². The van der Waals surface area contributed by atoms with Crippen LogP contribution in [-0.4, -0.2) is 48.3 Å². The van der Waals surface area contributed by atoms with Gasteiger partial charge in [0, 0.05) is 20.2 Å². The molecular formula is C15H21FN2O3. The topological polar surface area (TPSA) is 75.8 Å². The summed E-state index contributed by atoms with van der Waals surface area (Å²) >= 11 is 0. The van der Waals surface area contributed by atoms with Gasteiger partial charge in [-0.2, -0.15) is 0 Å². The minimum atomic E-state index is -1.14. The maximum Gasteiger partial charge on any atom is 0.242 e. The van der Waals surface area contributed by atoms with Crippen LogP contribution in [0.2, 0.25) is 0 Å². The predicted molar refractivity (Wildman–Crippen MR) is 75.9 cm³/mol. The Bertz CT molecular complexity index is 472. The highest BCUT2D eigenvalue weighted by atomic mass is 19.1. The number of aliphatic hydroxyl groups is 1. The first-order valence-corrected chi connectivity index (χ1v) is 7.03. The van der Waals surface area contributed by atoms with Gasteiger partial charge in [-0.3, -0.25) is 4.79 Å². The molecule has 0 bridgehead atoms. The average molecular weight is 296 g/mol. The molecule has 2 unspecified atom stereocenters. The van der Waals surface area contributed by atoms with Crippen LogP contribution < -0.4 is 5.73 Å². The van der Waals surface area contributed by atoms with Crippen LogP contribution in [0.25, 0.3) is 0 Å². The van der Waals surface area contributed by atoms with E-state index in [1.807, 2.05) is 0 Å². The normalized spacial score (nSPS) is 19.3. The molecule has 0 spiro atoms. The molecule has 2 rings (SSSR count). The highest BCUT2D eigenvalue weighted by Gasteiger charge is 2.30. The lowest BCUT2D eigenvalue weighted by molar-refractivity contribution is -0.137. The van der Waals surface area contributed by atoms with Gasteiger partial charge >= 0.3 is 0 Å². The second kappa shape index (κ2) is 6.98. The van der Waals surface area contributed by atoms with E-state index in [1.165, 1.54) is 24.3 Å². The number of methoxy groups -OCH3 is 1. The Morgan fingerprint density at radius 3 is 2.48 bits per heavy atom. The molecule has 1 aliphatic heterocycles. The number of halogens is 1. The Hall–Kier alpha value is -1.50. The molecule has 1 aliphatic rings. The van der Waals surface area contributed by atoms with Crippen LogP contribution in [0.15, 0.2) is 24.3 Å². The molecular weight excluding hydrogens is 275 g/mol. The van der Waals surface area contributed by atoms with Crippen molar-refractivity contribution in [1.82, 2.24) is 4.90 Å². The first kappa shape index (κ1) is 15.9. The van der Waals surface area contributed by atoms with E-state index in [9.17, 15) is 14.3 Å². The van der Waals surface area contributed by atoms with Crippen molar-refractivity contribution in [3.05, 3.63) is 35.6 Å². The standard InChI is InChI=1S/C15H21FN2O3/c1-21-12-6-8-18(9-7-12)15(20)13(17)14(19)10-2-4-11(16)5-3-10/h2-5,12-14,19H,6-9,17H2,1H3. The van der Waals surface area contributed by atoms with E-state index in [-0.39, 0.29) is 12.0 Å². The van der Waals surface area contributed by atoms with Crippen LogP contribution in [0.3, 0.4) is 0 Å². The fourth-order valence-corrected chi connectivity index (χ4v) is 2.53. The molecule has 1 aromatic rings. The summed E-state index contributed by atoms with van der Waals surface area (Å²) in [6.07, 6.45) is 0.564. The number of rotatable bonds is 4. The van der Waals surface area contributed by atoms with Crippen LogP contribution in [0.4, 0.5) is 4.39 Å². The molecule has 21 heavy (non-hydrogen) atoms. The molecule has 5 nitrogen and oxygen atoms in total. The van der Waals surface area contributed by atoms with Crippen molar-refractivity contribution in [2.24, 2.45) is 5.73 Å². The number of piperidine rings is 1. The van der Waals surface area contributed by atoms with E-state index < -0.39 is 18.0 Å². The number of carbonyl (C=O) groups is 1. The third kappa shape index (κ3) is 3.78. The molecule has 0 aromatic heterocycles. The van der Waals surface area contributed by atoms with Crippen LogP contribution >= 0.6 is 0 Å². The molecule has 1 heterocycles. The lowest BCUT2D eigenvalue weighted by Gasteiger charge is -2.33. The van der Waals surface area contributed by atoms with Crippen LogP contribution in [0, 0.1) is 5.82 Å². The van der Waals surface area contributed by atoms with Crippen molar-refractivity contribution in [3.8, 4) is 0 Å².